The van der Waals surface area contributed by atoms with E-state index in [9.17, 15) is 13.2 Å². The smallest absolute Gasteiger partial charge is 0.416 e. The third-order valence-corrected chi connectivity index (χ3v) is 5.77. The zero-order valence-corrected chi connectivity index (χ0v) is 16.6. The number of piperidine rings is 3. The number of halogens is 4. The maximum Gasteiger partial charge on any atom is 0.416 e. The minimum atomic E-state index is -4.38. The van der Waals surface area contributed by atoms with Crippen molar-refractivity contribution in [3.8, 4) is 11.4 Å². The zero-order valence-electron chi connectivity index (χ0n) is 14.5. The van der Waals surface area contributed by atoms with E-state index >= 15 is 0 Å². The summed E-state index contributed by atoms with van der Waals surface area (Å²) in [5, 5.41) is 3.90. The van der Waals surface area contributed by atoms with Gasteiger partial charge in [0.15, 0.2) is 0 Å². The zero-order chi connectivity index (χ0) is 17.7. The maximum atomic E-state index is 12.9. The molecule has 3 aliphatic rings. The Labute approximate surface area is 167 Å². The molecule has 142 valence electrons. The van der Waals surface area contributed by atoms with Crippen LogP contribution in [-0.2, 0) is 12.6 Å². The quantitative estimate of drug-likeness (QED) is 0.483. The van der Waals surface area contributed by atoms with Gasteiger partial charge < -0.3 is 33.0 Å². The Balaban J connectivity index is 0.00000196. The summed E-state index contributed by atoms with van der Waals surface area (Å²) in [6.45, 7) is 3.59. The number of fused-ring (bicyclic) bond motifs is 3. The van der Waals surface area contributed by atoms with Crippen molar-refractivity contribution in [2.75, 3.05) is 26.7 Å². The second-order valence-electron chi connectivity index (χ2n) is 7.64. The van der Waals surface area contributed by atoms with Gasteiger partial charge in [-0.25, -0.2) is 0 Å². The molecular formula is C18H21F3IN3O. The Morgan fingerprint density at radius 3 is 2.62 bits per heavy atom. The molecule has 0 aliphatic carbocycles. The van der Waals surface area contributed by atoms with Gasteiger partial charge in [0.1, 0.15) is 0 Å². The van der Waals surface area contributed by atoms with Gasteiger partial charge in [-0.1, -0.05) is 17.3 Å². The highest BCUT2D eigenvalue weighted by molar-refractivity contribution is 5.55. The molecule has 1 aromatic carbocycles. The van der Waals surface area contributed by atoms with Gasteiger partial charge in [-0.2, -0.15) is 18.2 Å². The third-order valence-electron chi connectivity index (χ3n) is 5.77. The fraction of sp³-hybridized carbons (Fsp3) is 0.556. The Morgan fingerprint density at radius 2 is 1.96 bits per heavy atom. The number of hydrogen-bond donors (Lipinski definition) is 0. The lowest BCUT2D eigenvalue weighted by molar-refractivity contribution is -0.929. The molecule has 3 aliphatic heterocycles. The van der Waals surface area contributed by atoms with Crippen LogP contribution in [0.3, 0.4) is 0 Å². The number of alkyl halides is 3. The van der Waals surface area contributed by atoms with Crippen LogP contribution in [0.15, 0.2) is 28.8 Å². The van der Waals surface area contributed by atoms with Gasteiger partial charge in [0, 0.05) is 30.7 Å². The minimum Gasteiger partial charge on any atom is -1.00 e. The van der Waals surface area contributed by atoms with Gasteiger partial charge in [0.25, 0.3) is 0 Å². The van der Waals surface area contributed by atoms with Gasteiger partial charge in [-0.15, -0.1) is 0 Å². The summed E-state index contributed by atoms with van der Waals surface area (Å²) in [4.78, 5) is 4.35. The lowest BCUT2D eigenvalue weighted by Crippen LogP contribution is -3.00. The van der Waals surface area contributed by atoms with Crippen LogP contribution in [0.2, 0.25) is 0 Å². The molecule has 0 saturated carbocycles. The van der Waals surface area contributed by atoms with Crippen LogP contribution in [0.25, 0.3) is 11.4 Å². The van der Waals surface area contributed by atoms with Gasteiger partial charge in [0.05, 0.1) is 32.2 Å². The lowest BCUT2D eigenvalue weighted by Gasteiger charge is -2.50. The second-order valence-corrected chi connectivity index (χ2v) is 7.64. The monoisotopic (exact) mass is 479 g/mol. The molecule has 0 spiro atoms. The number of aromatic nitrogens is 2. The topological polar surface area (TPSA) is 38.9 Å². The molecule has 4 nitrogen and oxygen atoms in total. The van der Waals surface area contributed by atoms with Crippen LogP contribution >= 0.6 is 0 Å². The van der Waals surface area contributed by atoms with E-state index in [0.717, 1.165) is 23.2 Å². The highest BCUT2D eigenvalue weighted by Gasteiger charge is 2.43. The molecule has 2 bridgehead atoms. The number of rotatable bonds is 3. The first-order chi connectivity index (χ1) is 11.8. The average molecular weight is 479 g/mol. The average Bonchev–Trinajstić information content (AvgIpc) is 3.03. The highest BCUT2D eigenvalue weighted by Crippen LogP contribution is 2.38. The van der Waals surface area contributed by atoms with Crippen molar-refractivity contribution >= 4 is 0 Å². The second kappa shape index (κ2) is 7.10. The van der Waals surface area contributed by atoms with E-state index in [1.807, 2.05) is 0 Å². The lowest BCUT2D eigenvalue weighted by atomic mass is 9.76. The molecule has 1 unspecified atom stereocenters. The minimum absolute atomic E-state index is 0. The molecule has 3 saturated heterocycles. The van der Waals surface area contributed by atoms with E-state index in [1.54, 1.807) is 6.07 Å². The standard InChI is InChI=1S/C18H21F3N3O.HI/c1-24-7-5-12(6-8-24)14(11-24)10-16-22-17(23-25-16)13-3-2-4-15(9-13)18(19,20)21;/h2-4,9,12,14H,5-8,10-11H2,1H3;1H/q+1;/p-1. The Kier molecular flexibility index (Phi) is 5.35. The highest BCUT2D eigenvalue weighted by atomic mass is 127. The normalized spacial score (nSPS) is 28.0. The van der Waals surface area contributed by atoms with Crippen molar-refractivity contribution in [2.24, 2.45) is 11.8 Å². The molecule has 5 rings (SSSR count). The molecule has 3 fully saturated rings. The van der Waals surface area contributed by atoms with Gasteiger partial charge in [-0.3, -0.25) is 0 Å². The molecule has 0 N–H and O–H groups in total. The van der Waals surface area contributed by atoms with E-state index in [4.69, 9.17) is 4.52 Å². The summed E-state index contributed by atoms with van der Waals surface area (Å²) in [6.07, 6.45) is -1.20. The molecule has 4 heterocycles. The van der Waals surface area contributed by atoms with Crippen LogP contribution in [0, 0.1) is 11.8 Å². The summed E-state index contributed by atoms with van der Waals surface area (Å²) in [6, 6.07) is 5.05. The van der Waals surface area contributed by atoms with Crippen molar-refractivity contribution in [3.63, 3.8) is 0 Å². The van der Waals surface area contributed by atoms with Gasteiger partial charge in [-0.05, 0) is 18.1 Å². The maximum absolute atomic E-state index is 12.9. The Morgan fingerprint density at radius 1 is 1.23 bits per heavy atom. The summed E-state index contributed by atoms with van der Waals surface area (Å²) in [7, 11) is 2.30. The molecule has 0 radical (unpaired) electrons. The number of benzene rings is 1. The number of quaternary nitrogens is 1. The first kappa shape index (κ1) is 19.6. The van der Waals surface area contributed by atoms with E-state index < -0.39 is 11.7 Å². The summed E-state index contributed by atoms with van der Waals surface area (Å²) >= 11 is 0. The molecule has 1 atom stereocenters. The molecule has 26 heavy (non-hydrogen) atoms. The molecule has 0 amide bonds. The van der Waals surface area contributed by atoms with E-state index in [1.165, 1.54) is 32.0 Å². The largest absolute Gasteiger partial charge is 1.00 e. The third kappa shape index (κ3) is 3.90. The van der Waals surface area contributed by atoms with Crippen LogP contribution in [-0.4, -0.2) is 41.3 Å². The van der Waals surface area contributed by atoms with Crippen molar-refractivity contribution in [1.29, 1.82) is 0 Å². The van der Waals surface area contributed by atoms with Crippen LogP contribution < -0.4 is 24.0 Å². The van der Waals surface area contributed by atoms with Crippen molar-refractivity contribution in [3.05, 3.63) is 35.7 Å². The first-order valence-corrected chi connectivity index (χ1v) is 8.66. The predicted molar refractivity (Wildman–Crippen MR) is 85.4 cm³/mol. The van der Waals surface area contributed by atoms with Crippen molar-refractivity contribution < 1.29 is 46.2 Å². The van der Waals surface area contributed by atoms with E-state index in [0.29, 0.717) is 29.7 Å². The Bertz CT molecular complexity index is 769. The summed E-state index contributed by atoms with van der Waals surface area (Å²) in [5.74, 6) is 1.96. The summed E-state index contributed by atoms with van der Waals surface area (Å²) in [5.41, 5.74) is -0.371. The number of nitrogens with zero attached hydrogens (tertiary/aromatic N) is 3. The SMILES string of the molecule is C[N+]12CCC(CC1)C(Cc1nc(-c3cccc(C(F)(F)F)c3)no1)C2.[I-]. The van der Waals surface area contributed by atoms with Crippen LogP contribution in [0.1, 0.15) is 24.3 Å². The fourth-order valence-electron chi connectivity index (χ4n) is 4.33. The molecule has 2 aromatic rings. The van der Waals surface area contributed by atoms with E-state index in [-0.39, 0.29) is 29.8 Å². The molecular weight excluding hydrogens is 458 g/mol. The van der Waals surface area contributed by atoms with Crippen molar-refractivity contribution in [2.45, 2.75) is 25.4 Å². The van der Waals surface area contributed by atoms with Crippen molar-refractivity contribution in [1.82, 2.24) is 10.1 Å². The van der Waals surface area contributed by atoms with E-state index in [2.05, 4.69) is 17.2 Å². The predicted octanol–water partition coefficient (Wildman–Crippen LogP) is 0.788. The molecule has 8 heteroatoms. The van der Waals surface area contributed by atoms with Crippen LogP contribution in [0.5, 0.6) is 0 Å². The van der Waals surface area contributed by atoms with Gasteiger partial charge >= 0.3 is 6.18 Å². The summed E-state index contributed by atoms with van der Waals surface area (Å²) < 4.78 is 45.0. The van der Waals surface area contributed by atoms with Gasteiger partial charge in [0.2, 0.25) is 11.7 Å². The first-order valence-electron chi connectivity index (χ1n) is 8.66. The molecule has 1 aromatic heterocycles. The Hall–Kier alpha value is -1.16. The number of hydrogen-bond acceptors (Lipinski definition) is 3. The fourth-order valence-corrected chi connectivity index (χ4v) is 4.33. The van der Waals surface area contributed by atoms with Crippen LogP contribution in [0.4, 0.5) is 13.2 Å².